The lowest BCUT2D eigenvalue weighted by molar-refractivity contribution is 0.106. The fraction of sp³-hybridized carbons (Fsp3) is 0.357. The van der Waals surface area contributed by atoms with Gasteiger partial charge >= 0.3 is 0 Å². The SMILES string of the molecule is Cn1ccc(CNCC(O)COc2ccc(F)cc2)n1. The molecular weight excluding hydrogens is 261 g/mol. The molecule has 0 radical (unpaired) electrons. The molecule has 0 saturated heterocycles. The highest BCUT2D eigenvalue weighted by atomic mass is 19.1. The van der Waals surface area contributed by atoms with Crippen molar-refractivity contribution in [3.05, 3.63) is 48.0 Å². The average Bonchev–Trinajstić information content (AvgIpc) is 2.84. The van der Waals surface area contributed by atoms with Gasteiger partial charge in [0.15, 0.2) is 0 Å². The van der Waals surface area contributed by atoms with Crippen LogP contribution in [0, 0.1) is 5.82 Å². The summed E-state index contributed by atoms with van der Waals surface area (Å²) < 4.78 is 19.8. The Bertz CT molecular complexity index is 527. The van der Waals surface area contributed by atoms with Crippen LogP contribution in [-0.4, -0.2) is 34.1 Å². The van der Waals surface area contributed by atoms with Crippen molar-refractivity contribution >= 4 is 0 Å². The van der Waals surface area contributed by atoms with Gasteiger partial charge in [-0.1, -0.05) is 0 Å². The van der Waals surface area contributed by atoms with Gasteiger partial charge in [0.2, 0.25) is 0 Å². The molecule has 0 spiro atoms. The number of benzene rings is 1. The maximum absolute atomic E-state index is 12.7. The molecule has 2 rings (SSSR count). The number of aryl methyl sites for hydroxylation is 1. The number of hydrogen-bond donors (Lipinski definition) is 2. The molecule has 1 atom stereocenters. The van der Waals surface area contributed by atoms with Crippen LogP contribution < -0.4 is 10.1 Å². The first-order valence-electron chi connectivity index (χ1n) is 6.39. The summed E-state index contributed by atoms with van der Waals surface area (Å²) in [6, 6.07) is 7.61. The number of aromatic nitrogens is 2. The molecule has 1 aromatic heterocycles. The van der Waals surface area contributed by atoms with E-state index in [2.05, 4.69) is 10.4 Å². The lowest BCUT2D eigenvalue weighted by Crippen LogP contribution is -2.31. The molecule has 1 aromatic carbocycles. The van der Waals surface area contributed by atoms with E-state index in [0.717, 1.165) is 5.69 Å². The van der Waals surface area contributed by atoms with Crippen molar-refractivity contribution in [2.75, 3.05) is 13.2 Å². The van der Waals surface area contributed by atoms with Crippen LogP contribution in [0.5, 0.6) is 5.75 Å². The summed E-state index contributed by atoms with van der Waals surface area (Å²) in [5, 5.41) is 17.1. The molecule has 0 fully saturated rings. The zero-order valence-corrected chi connectivity index (χ0v) is 11.3. The molecule has 0 saturated carbocycles. The predicted molar refractivity (Wildman–Crippen MR) is 72.8 cm³/mol. The van der Waals surface area contributed by atoms with Gasteiger partial charge in [-0.2, -0.15) is 5.10 Å². The van der Waals surface area contributed by atoms with Crippen LogP contribution in [0.2, 0.25) is 0 Å². The number of hydrogen-bond acceptors (Lipinski definition) is 4. The van der Waals surface area contributed by atoms with E-state index < -0.39 is 6.10 Å². The highest BCUT2D eigenvalue weighted by molar-refractivity contribution is 5.22. The van der Waals surface area contributed by atoms with Crippen LogP contribution in [-0.2, 0) is 13.6 Å². The van der Waals surface area contributed by atoms with E-state index in [1.165, 1.54) is 24.3 Å². The zero-order chi connectivity index (χ0) is 14.4. The molecule has 1 heterocycles. The Kier molecular flexibility index (Phi) is 5.09. The van der Waals surface area contributed by atoms with Crippen LogP contribution >= 0.6 is 0 Å². The van der Waals surface area contributed by atoms with Gasteiger partial charge in [-0.15, -0.1) is 0 Å². The van der Waals surface area contributed by atoms with Crippen LogP contribution in [0.1, 0.15) is 5.69 Å². The summed E-state index contributed by atoms with van der Waals surface area (Å²) in [5.41, 5.74) is 0.916. The van der Waals surface area contributed by atoms with Crippen molar-refractivity contribution in [3.63, 3.8) is 0 Å². The topological polar surface area (TPSA) is 59.3 Å². The van der Waals surface area contributed by atoms with Crippen molar-refractivity contribution in [1.29, 1.82) is 0 Å². The molecule has 0 amide bonds. The molecular formula is C14H18FN3O2. The smallest absolute Gasteiger partial charge is 0.123 e. The fourth-order valence-corrected chi connectivity index (χ4v) is 1.71. The van der Waals surface area contributed by atoms with Crippen LogP contribution in [0.3, 0.4) is 0 Å². The van der Waals surface area contributed by atoms with E-state index in [1.807, 2.05) is 19.3 Å². The molecule has 2 N–H and O–H groups in total. The molecule has 5 nitrogen and oxygen atoms in total. The number of nitrogens with one attached hydrogen (secondary N) is 1. The van der Waals surface area contributed by atoms with E-state index in [0.29, 0.717) is 18.8 Å². The molecule has 20 heavy (non-hydrogen) atoms. The van der Waals surface area contributed by atoms with Crippen LogP contribution in [0.15, 0.2) is 36.5 Å². The first kappa shape index (κ1) is 14.5. The fourth-order valence-electron chi connectivity index (χ4n) is 1.71. The van der Waals surface area contributed by atoms with Crippen molar-refractivity contribution in [1.82, 2.24) is 15.1 Å². The largest absolute Gasteiger partial charge is 0.491 e. The Hall–Kier alpha value is -1.92. The van der Waals surface area contributed by atoms with E-state index >= 15 is 0 Å². The summed E-state index contributed by atoms with van der Waals surface area (Å²) in [5.74, 6) is 0.227. The maximum atomic E-state index is 12.7. The number of aliphatic hydroxyl groups excluding tert-OH is 1. The van der Waals surface area contributed by atoms with Gasteiger partial charge in [0.1, 0.15) is 24.3 Å². The summed E-state index contributed by atoms with van der Waals surface area (Å²) >= 11 is 0. The summed E-state index contributed by atoms with van der Waals surface area (Å²) in [7, 11) is 1.86. The highest BCUT2D eigenvalue weighted by Crippen LogP contribution is 2.11. The summed E-state index contributed by atoms with van der Waals surface area (Å²) in [6.45, 7) is 1.15. The first-order valence-corrected chi connectivity index (χ1v) is 6.39. The highest BCUT2D eigenvalue weighted by Gasteiger charge is 2.05. The molecule has 0 bridgehead atoms. The molecule has 6 heteroatoms. The Morgan fingerprint density at radius 3 is 2.75 bits per heavy atom. The van der Waals surface area contributed by atoms with Crippen molar-refractivity contribution in [2.45, 2.75) is 12.6 Å². The van der Waals surface area contributed by atoms with Crippen molar-refractivity contribution < 1.29 is 14.2 Å². The average molecular weight is 279 g/mol. The minimum atomic E-state index is -0.635. The van der Waals surface area contributed by atoms with Gasteiger partial charge in [-0.25, -0.2) is 4.39 Å². The number of nitrogens with zero attached hydrogens (tertiary/aromatic N) is 2. The number of rotatable bonds is 7. The molecule has 0 aliphatic rings. The third-order valence-corrected chi connectivity index (χ3v) is 2.71. The lowest BCUT2D eigenvalue weighted by atomic mass is 10.3. The van der Waals surface area contributed by atoms with Crippen LogP contribution in [0.25, 0.3) is 0 Å². The predicted octanol–water partition coefficient (Wildman–Crippen LogP) is 1.09. The normalized spacial score (nSPS) is 12.3. The van der Waals surface area contributed by atoms with E-state index in [9.17, 15) is 9.50 Å². The second-order valence-electron chi connectivity index (χ2n) is 4.53. The van der Waals surface area contributed by atoms with E-state index in [-0.39, 0.29) is 12.4 Å². The molecule has 1 unspecified atom stereocenters. The summed E-state index contributed by atoms with van der Waals surface area (Å²) in [6.07, 6.45) is 1.23. The third kappa shape index (κ3) is 4.64. The summed E-state index contributed by atoms with van der Waals surface area (Å²) in [4.78, 5) is 0. The van der Waals surface area contributed by atoms with Gasteiger partial charge < -0.3 is 15.2 Å². The Morgan fingerprint density at radius 1 is 1.35 bits per heavy atom. The Morgan fingerprint density at radius 2 is 2.10 bits per heavy atom. The quantitative estimate of drug-likeness (QED) is 0.796. The number of ether oxygens (including phenoxy) is 1. The molecule has 108 valence electrons. The second kappa shape index (κ2) is 7.02. The minimum Gasteiger partial charge on any atom is -0.491 e. The minimum absolute atomic E-state index is 0.154. The Balaban J connectivity index is 1.65. The molecule has 0 aliphatic heterocycles. The second-order valence-corrected chi connectivity index (χ2v) is 4.53. The van der Waals surface area contributed by atoms with E-state index in [1.54, 1.807) is 4.68 Å². The van der Waals surface area contributed by atoms with Crippen molar-refractivity contribution in [2.24, 2.45) is 7.05 Å². The van der Waals surface area contributed by atoms with Crippen LogP contribution in [0.4, 0.5) is 4.39 Å². The third-order valence-electron chi connectivity index (χ3n) is 2.71. The lowest BCUT2D eigenvalue weighted by Gasteiger charge is -2.12. The van der Waals surface area contributed by atoms with E-state index in [4.69, 9.17) is 4.74 Å². The standard InChI is InChI=1S/C14H18FN3O2/c1-18-7-6-12(17-18)8-16-9-13(19)10-20-14-4-2-11(15)3-5-14/h2-7,13,16,19H,8-10H2,1H3. The maximum Gasteiger partial charge on any atom is 0.123 e. The van der Waals surface area contributed by atoms with Gasteiger partial charge in [-0.3, -0.25) is 4.68 Å². The zero-order valence-electron chi connectivity index (χ0n) is 11.3. The number of halogens is 1. The van der Waals surface area contributed by atoms with Gasteiger partial charge in [0, 0.05) is 26.3 Å². The van der Waals surface area contributed by atoms with Gasteiger partial charge in [-0.05, 0) is 30.3 Å². The van der Waals surface area contributed by atoms with Gasteiger partial charge in [0.25, 0.3) is 0 Å². The first-order chi connectivity index (χ1) is 9.63. The molecule has 2 aromatic rings. The van der Waals surface area contributed by atoms with Crippen molar-refractivity contribution in [3.8, 4) is 5.75 Å². The molecule has 0 aliphatic carbocycles. The Labute approximate surface area is 117 Å². The monoisotopic (exact) mass is 279 g/mol. The van der Waals surface area contributed by atoms with Gasteiger partial charge in [0.05, 0.1) is 5.69 Å². The number of aliphatic hydroxyl groups is 1.